The summed E-state index contributed by atoms with van der Waals surface area (Å²) in [6.07, 6.45) is 2.84. The van der Waals surface area contributed by atoms with Crippen molar-refractivity contribution in [3.63, 3.8) is 0 Å². The van der Waals surface area contributed by atoms with Crippen LogP contribution in [0.2, 0.25) is 0 Å². The summed E-state index contributed by atoms with van der Waals surface area (Å²) in [7, 11) is -2.89. The van der Waals surface area contributed by atoms with Crippen LogP contribution in [0.1, 0.15) is 36.1 Å². The molecule has 10 heteroatoms. The number of nitrogens with one attached hydrogen (secondary N) is 1. The molecule has 0 bridgehead atoms. The van der Waals surface area contributed by atoms with Crippen LogP contribution in [0.4, 0.5) is 5.82 Å². The quantitative estimate of drug-likeness (QED) is 0.668. The monoisotopic (exact) mass is 463 g/mol. The molecule has 3 saturated heterocycles. The Bertz CT molecular complexity index is 998. The minimum Gasteiger partial charge on any atom is -0.376 e. The highest BCUT2D eigenvalue weighted by molar-refractivity contribution is 7.91. The van der Waals surface area contributed by atoms with E-state index in [9.17, 15) is 18.5 Å². The van der Waals surface area contributed by atoms with Crippen LogP contribution in [0.3, 0.4) is 0 Å². The van der Waals surface area contributed by atoms with Crippen molar-refractivity contribution in [2.24, 2.45) is 0 Å². The molecule has 4 rings (SSSR count). The number of aromatic nitrogens is 1. The summed E-state index contributed by atoms with van der Waals surface area (Å²) in [5.74, 6) is 0.971. The predicted molar refractivity (Wildman–Crippen MR) is 121 cm³/mol. The van der Waals surface area contributed by atoms with Gasteiger partial charge in [-0.3, -0.25) is 14.6 Å². The Kier molecular flexibility index (Phi) is 6.91. The first kappa shape index (κ1) is 23.2. The average molecular weight is 464 g/mol. The van der Waals surface area contributed by atoms with E-state index < -0.39 is 9.84 Å². The second-order valence-corrected chi connectivity index (χ2v) is 11.4. The van der Waals surface area contributed by atoms with E-state index in [2.05, 4.69) is 21.2 Å². The Morgan fingerprint density at radius 1 is 1.22 bits per heavy atom. The molecule has 9 nitrogen and oxygen atoms in total. The molecule has 1 aromatic heterocycles. The molecule has 3 aliphatic rings. The maximum atomic E-state index is 12.9. The van der Waals surface area contributed by atoms with Crippen LogP contribution in [0.15, 0.2) is 0 Å². The number of anilines is 1. The molecule has 3 fully saturated rings. The second kappa shape index (κ2) is 9.51. The molecule has 3 aliphatic heterocycles. The molecule has 1 N–H and O–H groups in total. The smallest absolute Gasteiger partial charge is 0.239 e. The van der Waals surface area contributed by atoms with Gasteiger partial charge in [0.2, 0.25) is 5.91 Å². The van der Waals surface area contributed by atoms with E-state index in [0.717, 1.165) is 56.9 Å². The number of piperazine rings is 1. The zero-order valence-corrected chi connectivity index (χ0v) is 19.8. The van der Waals surface area contributed by atoms with Crippen molar-refractivity contribution in [2.45, 2.75) is 51.8 Å². The zero-order valence-electron chi connectivity index (χ0n) is 19.0. The molecule has 0 saturated carbocycles. The number of hydrogen-bond acceptors (Lipinski definition) is 7. The Labute approximate surface area is 190 Å². The number of carbonyl (C=O) groups excluding carboxylic acids is 1. The number of amides is 1. The van der Waals surface area contributed by atoms with Crippen LogP contribution >= 0.6 is 0 Å². The number of ether oxygens (including phenoxy) is 1. The molecular formula is C22H33N5O4S. The second-order valence-electron chi connectivity index (χ2n) is 9.21. The lowest BCUT2D eigenvalue weighted by molar-refractivity contribution is -0.117. The number of nitriles is 1. The molecule has 1 amide bonds. The lowest BCUT2D eigenvalue weighted by Gasteiger charge is -2.37. The first-order chi connectivity index (χ1) is 15.3. The van der Waals surface area contributed by atoms with Gasteiger partial charge in [0.15, 0.2) is 9.84 Å². The van der Waals surface area contributed by atoms with E-state index in [1.807, 2.05) is 18.4 Å². The third-order valence-corrected chi connectivity index (χ3v) is 8.86. The average Bonchev–Trinajstić information content (AvgIpc) is 3.45. The zero-order chi connectivity index (χ0) is 22.9. The largest absolute Gasteiger partial charge is 0.376 e. The third-order valence-electron chi connectivity index (χ3n) is 7.11. The van der Waals surface area contributed by atoms with Gasteiger partial charge in [0.05, 0.1) is 36.3 Å². The van der Waals surface area contributed by atoms with Crippen LogP contribution in [0, 0.1) is 25.2 Å². The van der Waals surface area contributed by atoms with Crippen LogP contribution < -0.4 is 5.32 Å². The van der Waals surface area contributed by atoms with E-state index in [1.54, 1.807) is 0 Å². The molecule has 1 aromatic rings. The number of hydrogen-bond donors (Lipinski definition) is 1. The maximum absolute atomic E-state index is 12.9. The molecule has 176 valence electrons. The highest BCUT2D eigenvalue weighted by Crippen LogP contribution is 2.28. The van der Waals surface area contributed by atoms with Gasteiger partial charge in [-0.1, -0.05) is 0 Å². The molecule has 0 aliphatic carbocycles. The van der Waals surface area contributed by atoms with Gasteiger partial charge in [-0.25, -0.2) is 8.42 Å². The Morgan fingerprint density at radius 2 is 1.97 bits per heavy atom. The van der Waals surface area contributed by atoms with E-state index in [1.165, 1.54) is 0 Å². The molecule has 0 spiro atoms. The van der Waals surface area contributed by atoms with E-state index in [-0.39, 0.29) is 36.1 Å². The molecular weight excluding hydrogens is 430 g/mol. The molecule has 2 atom stereocenters. The van der Waals surface area contributed by atoms with Gasteiger partial charge < -0.3 is 14.6 Å². The number of rotatable bonds is 6. The summed E-state index contributed by atoms with van der Waals surface area (Å²) < 4.78 is 31.3. The summed E-state index contributed by atoms with van der Waals surface area (Å²) in [5, 5.41) is 12.7. The van der Waals surface area contributed by atoms with Gasteiger partial charge in [-0.15, -0.1) is 0 Å². The first-order valence-corrected chi connectivity index (χ1v) is 13.3. The van der Waals surface area contributed by atoms with Crippen molar-refractivity contribution < 1.29 is 17.9 Å². The SMILES string of the molecule is Cc1c(C#N)c(NC(=O)CN2CCN([C@@H]3CCS(=O)(=O)C3)CC2)n(C[C@H]2CCCO2)c1C. The Balaban J connectivity index is 1.36. The summed E-state index contributed by atoms with van der Waals surface area (Å²) in [6.45, 7) is 8.53. The van der Waals surface area contributed by atoms with E-state index in [0.29, 0.717) is 24.3 Å². The van der Waals surface area contributed by atoms with Gasteiger partial charge >= 0.3 is 0 Å². The molecule has 0 radical (unpaired) electrons. The van der Waals surface area contributed by atoms with Crippen molar-refractivity contribution in [1.29, 1.82) is 5.26 Å². The molecule has 4 heterocycles. The summed E-state index contributed by atoms with van der Waals surface area (Å²) in [6, 6.07) is 2.37. The van der Waals surface area contributed by atoms with Gasteiger partial charge in [0, 0.05) is 44.5 Å². The highest BCUT2D eigenvalue weighted by Gasteiger charge is 2.34. The standard InChI is InChI=1S/C22H33N5O4S/c1-16-17(2)27(13-19-4-3-10-31-19)22(20(16)12-23)24-21(28)14-25-6-8-26(9-7-25)18-5-11-32(29,30)15-18/h18-19H,3-11,13-15H2,1-2H3,(H,24,28)/t18-,19-/m1/s1. The van der Waals surface area contributed by atoms with Crippen molar-refractivity contribution in [3.05, 3.63) is 16.8 Å². The lowest BCUT2D eigenvalue weighted by Crippen LogP contribution is -2.52. The van der Waals surface area contributed by atoms with Crippen LogP contribution in [0.5, 0.6) is 0 Å². The van der Waals surface area contributed by atoms with Crippen molar-refractivity contribution in [1.82, 2.24) is 14.4 Å². The molecule has 32 heavy (non-hydrogen) atoms. The fraction of sp³-hybridized carbons (Fsp3) is 0.727. The van der Waals surface area contributed by atoms with Crippen molar-refractivity contribution in [3.8, 4) is 6.07 Å². The fourth-order valence-corrected chi connectivity index (χ4v) is 6.84. The summed E-state index contributed by atoms with van der Waals surface area (Å²) >= 11 is 0. The number of nitrogens with zero attached hydrogens (tertiary/aromatic N) is 4. The van der Waals surface area contributed by atoms with E-state index >= 15 is 0 Å². The topological polar surface area (TPSA) is 108 Å². The predicted octanol–water partition coefficient (Wildman–Crippen LogP) is 0.899. The lowest BCUT2D eigenvalue weighted by atomic mass is 10.2. The first-order valence-electron chi connectivity index (χ1n) is 11.5. The number of sulfone groups is 1. The highest BCUT2D eigenvalue weighted by atomic mass is 32.2. The molecule has 0 unspecified atom stereocenters. The Morgan fingerprint density at radius 3 is 2.56 bits per heavy atom. The van der Waals surface area contributed by atoms with Crippen LogP contribution in [0.25, 0.3) is 0 Å². The Hall–Kier alpha value is -1.93. The van der Waals surface area contributed by atoms with Gasteiger partial charge in [0.1, 0.15) is 11.9 Å². The third kappa shape index (κ3) is 5.01. The van der Waals surface area contributed by atoms with Crippen molar-refractivity contribution >= 4 is 21.6 Å². The maximum Gasteiger partial charge on any atom is 0.239 e. The van der Waals surface area contributed by atoms with Crippen molar-refractivity contribution in [2.75, 3.05) is 56.2 Å². The minimum absolute atomic E-state index is 0.107. The van der Waals surface area contributed by atoms with Crippen LogP contribution in [-0.2, 0) is 25.9 Å². The normalized spacial score (nSPS) is 26.3. The fourth-order valence-electron chi connectivity index (χ4n) is 5.08. The number of carbonyl (C=O) groups is 1. The van der Waals surface area contributed by atoms with Gasteiger partial charge in [0.25, 0.3) is 0 Å². The minimum atomic E-state index is -2.89. The summed E-state index contributed by atoms with van der Waals surface area (Å²) in [4.78, 5) is 17.2. The van der Waals surface area contributed by atoms with Crippen LogP contribution in [-0.4, -0.2) is 91.7 Å². The summed E-state index contributed by atoms with van der Waals surface area (Å²) in [5.41, 5.74) is 2.38. The van der Waals surface area contributed by atoms with Gasteiger partial charge in [-0.2, -0.15) is 5.26 Å². The van der Waals surface area contributed by atoms with Gasteiger partial charge in [-0.05, 0) is 38.7 Å². The molecule has 0 aromatic carbocycles. The van der Waals surface area contributed by atoms with E-state index in [4.69, 9.17) is 4.74 Å².